The summed E-state index contributed by atoms with van der Waals surface area (Å²) in [5, 5.41) is 0. The van der Waals surface area contributed by atoms with Crippen LogP contribution >= 0.6 is 0 Å². The van der Waals surface area contributed by atoms with Gasteiger partial charge in [-0.2, -0.15) is 4.39 Å². The van der Waals surface area contributed by atoms with Gasteiger partial charge >= 0.3 is 0 Å². The number of hydrogen-bond donors (Lipinski definition) is 0. The average molecular weight is 96.1 g/mol. The van der Waals surface area contributed by atoms with Crippen molar-refractivity contribution < 1.29 is 4.39 Å². The summed E-state index contributed by atoms with van der Waals surface area (Å²) in [6, 6.07) is 0. The van der Waals surface area contributed by atoms with Crippen molar-refractivity contribution in [2.45, 2.75) is 12.8 Å². The molecular formula is C6H5F. The van der Waals surface area contributed by atoms with Crippen molar-refractivity contribution in [2.24, 2.45) is 0 Å². The molecule has 1 heteroatoms. The summed E-state index contributed by atoms with van der Waals surface area (Å²) in [7, 11) is 0. The minimum absolute atomic E-state index is 0.272. The normalized spacial score (nSPS) is 17.0. The second-order valence-corrected chi connectivity index (χ2v) is 1.39. The summed E-state index contributed by atoms with van der Waals surface area (Å²) in [6.45, 7) is 0. The predicted octanol–water partition coefficient (Wildman–Crippen LogP) is 1.64. The van der Waals surface area contributed by atoms with E-state index in [1.807, 2.05) is 0 Å². The van der Waals surface area contributed by atoms with Gasteiger partial charge in [0.25, 0.3) is 0 Å². The Kier molecular flexibility index (Phi) is 1.12. The highest BCUT2D eigenvalue weighted by Crippen LogP contribution is 2.02. The second-order valence-electron chi connectivity index (χ2n) is 1.39. The van der Waals surface area contributed by atoms with Crippen molar-refractivity contribution in [1.29, 1.82) is 0 Å². The van der Waals surface area contributed by atoms with E-state index in [4.69, 9.17) is 0 Å². The van der Waals surface area contributed by atoms with Gasteiger partial charge in [-0.05, 0) is 18.4 Å². The molecule has 1 rings (SSSR count). The van der Waals surface area contributed by atoms with E-state index in [2.05, 4.69) is 11.8 Å². The molecule has 0 fully saturated rings. The Morgan fingerprint density at radius 3 is 2.86 bits per heavy atom. The first-order valence-corrected chi connectivity index (χ1v) is 2.24. The van der Waals surface area contributed by atoms with Crippen LogP contribution in [0.5, 0.6) is 0 Å². The number of hydrogen-bond acceptors (Lipinski definition) is 0. The topological polar surface area (TPSA) is 0 Å². The van der Waals surface area contributed by atoms with Gasteiger partial charge < -0.3 is 0 Å². The van der Waals surface area contributed by atoms with Crippen LogP contribution in [-0.2, 0) is 0 Å². The summed E-state index contributed by atoms with van der Waals surface area (Å²) in [5.74, 6) is 4.70. The third-order valence-electron chi connectivity index (χ3n) is 0.801. The van der Waals surface area contributed by atoms with E-state index in [9.17, 15) is 4.39 Å². The minimum Gasteiger partial charge on any atom is -0.197 e. The summed E-state index contributed by atoms with van der Waals surface area (Å²) in [5.41, 5.74) is 0. The number of halogens is 1. The molecule has 0 nitrogen and oxygen atoms in total. The Morgan fingerprint density at radius 2 is 2.57 bits per heavy atom. The van der Waals surface area contributed by atoms with Crippen LogP contribution in [0.25, 0.3) is 0 Å². The van der Waals surface area contributed by atoms with Crippen molar-refractivity contribution in [1.82, 2.24) is 0 Å². The van der Waals surface area contributed by atoms with Gasteiger partial charge in [-0.25, -0.2) is 0 Å². The van der Waals surface area contributed by atoms with Crippen molar-refractivity contribution in [2.75, 3.05) is 0 Å². The van der Waals surface area contributed by atoms with E-state index < -0.39 is 0 Å². The molecule has 7 heavy (non-hydrogen) atoms. The van der Waals surface area contributed by atoms with Crippen LogP contribution in [0.2, 0.25) is 0 Å². The van der Waals surface area contributed by atoms with Crippen molar-refractivity contribution in [3.8, 4) is 11.8 Å². The number of rotatable bonds is 0. The number of allylic oxidation sites excluding steroid dienone is 2. The van der Waals surface area contributed by atoms with Gasteiger partial charge in [-0.3, -0.25) is 0 Å². The van der Waals surface area contributed by atoms with Crippen LogP contribution < -0.4 is 0 Å². The van der Waals surface area contributed by atoms with Crippen LogP contribution in [0.1, 0.15) is 12.8 Å². The molecule has 0 spiro atoms. The molecule has 0 saturated heterocycles. The lowest BCUT2D eigenvalue weighted by Gasteiger charge is -1.88. The Bertz CT molecular complexity index is 145. The summed E-state index contributed by atoms with van der Waals surface area (Å²) in [4.78, 5) is 0. The molecule has 0 aromatic heterocycles. The summed E-state index contributed by atoms with van der Waals surface area (Å²) >= 11 is 0. The Labute approximate surface area is 42.0 Å². The molecule has 1 aliphatic rings. The lowest BCUT2D eigenvalue weighted by Crippen LogP contribution is -1.75. The van der Waals surface area contributed by atoms with Gasteiger partial charge in [0.05, 0.1) is 0 Å². The Morgan fingerprint density at radius 1 is 1.71 bits per heavy atom. The fraction of sp³-hybridized carbons (Fsp3) is 0.333. The Balaban J connectivity index is 2.69. The molecule has 0 amide bonds. The molecule has 0 radical (unpaired) electrons. The molecule has 1 aliphatic carbocycles. The molecule has 0 bridgehead atoms. The molecule has 36 valence electrons. The standard InChI is InChI=1S/C6H5F/c7-6-4-2-1-3-5-6/h4H,1-2H2. The van der Waals surface area contributed by atoms with E-state index in [1.165, 1.54) is 6.08 Å². The first kappa shape index (κ1) is 4.39. The molecule has 0 aromatic carbocycles. The van der Waals surface area contributed by atoms with Crippen molar-refractivity contribution in [3.63, 3.8) is 0 Å². The van der Waals surface area contributed by atoms with Crippen LogP contribution in [-0.4, -0.2) is 0 Å². The first-order chi connectivity index (χ1) is 3.39. The molecule has 0 saturated carbocycles. The highest BCUT2D eigenvalue weighted by Gasteiger charge is 1.89. The molecule has 0 N–H and O–H groups in total. The van der Waals surface area contributed by atoms with Gasteiger partial charge in [-0.15, -0.1) is 0 Å². The predicted molar refractivity (Wildman–Crippen MR) is 26.2 cm³/mol. The zero-order valence-corrected chi connectivity index (χ0v) is 3.87. The molecule has 0 aromatic rings. The largest absolute Gasteiger partial charge is 0.197 e. The lowest BCUT2D eigenvalue weighted by atomic mass is 10.2. The maximum Gasteiger partial charge on any atom is 0.169 e. The second kappa shape index (κ2) is 1.79. The molecule has 0 unspecified atom stereocenters. The SMILES string of the molecule is FC1=CCCC#C1. The highest BCUT2D eigenvalue weighted by molar-refractivity contribution is 5.25. The molecule has 0 heterocycles. The van der Waals surface area contributed by atoms with E-state index in [-0.39, 0.29) is 5.83 Å². The van der Waals surface area contributed by atoms with Crippen LogP contribution in [0.3, 0.4) is 0 Å². The van der Waals surface area contributed by atoms with Gasteiger partial charge in [0.15, 0.2) is 5.83 Å². The average Bonchev–Trinajstić information content (AvgIpc) is 1.69. The van der Waals surface area contributed by atoms with Gasteiger partial charge in [0, 0.05) is 6.42 Å². The molecule has 0 aliphatic heterocycles. The fourth-order valence-corrected chi connectivity index (χ4v) is 0.469. The van der Waals surface area contributed by atoms with E-state index in [1.54, 1.807) is 0 Å². The monoisotopic (exact) mass is 96.0 g/mol. The molecule has 0 atom stereocenters. The van der Waals surface area contributed by atoms with Crippen LogP contribution in [0, 0.1) is 11.8 Å². The highest BCUT2D eigenvalue weighted by atomic mass is 19.1. The Hall–Kier alpha value is -0.770. The zero-order valence-electron chi connectivity index (χ0n) is 3.87. The lowest BCUT2D eigenvalue weighted by molar-refractivity contribution is 0.664. The van der Waals surface area contributed by atoms with Crippen LogP contribution in [0.15, 0.2) is 11.9 Å². The third kappa shape index (κ3) is 1.04. The zero-order chi connectivity index (χ0) is 5.11. The molecular weight excluding hydrogens is 91.1 g/mol. The van der Waals surface area contributed by atoms with Gasteiger partial charge in [0.1, 0.15) is 0 Å². The van der Waals surface area contributed by atoms with Crippen molar-refractivity contribution in [3.05, 3.63) is 11.9 Å². The van der Waals surface area contributed by atoms with Gasteiger partial charge in [-0.1, -0.05) is 5.92 Å². The van der Waals surface area contributed by atoms with Gasteiger partial charge in [0.2, 0.25) is 0 Å². The van der Waals surface area contributed by atoms with Crippen LogP contribution in [0.4, 0.5) is 4.39 Å². The maximum atomic E-state index is 11.9. The summed E-state index contributed by atoms with van der Waals surface area (Å²) in [6.07, 6.45) is 3.10. The van der Waals surface area contributed by atoms with E-state index in [0.29, 0.717) is 0 Å². The van der Waals surface area contributed by atoms with E-state index >= 15 is 0 Å². The van der Waals surface area contributed by atoms with Crippen molar-refractivity contribution >= 4 is 0 Å². The van der Waals surface area contributed by atoms with E-state index in [0.717, 1.165) is 12.8 Å². The quantitative estimate of drug-likeness (QED) is 0.402. The smallest absolute Gasteiger partial charge is 0.169 e. The summed E-state index contributed by atoms with van der Waals surface area (Å²) < 4.78 is 11.9. The minimum atomic E-state index is -0.272. The fourth-order valence-electron chi connectivity index (χ4n) is 0.469. The third-order valence-corrected chi connectivity index (χ3v) is 0.801. The first-order valence-electron chi connectivity index (χ1n) is 2.24. The maximum absolute atomic E-state index is 11.9.